The summed E-state index contributed by atoms with van der Waals surface area (Å²) in [5.74, 6) is 1.11. The normalized spacial score (nSPS) is 33.2. The van der Waals surface area contributed by atoms with Crippen molar-refractivity contribution in [1.29, 1.82) is 0 Å². The molecular weight excluding hydrogens is 250 g/mol. The van der Waals surface area contributed by atoms with Gasteiger partial charge in [0, 0.05) is 24.6 Å². The number of ether oxygens (including phenoxy) is 2. The van der Waals surface area contributed by atoms with Crippen LogP contribution in [0.1, 0.15) is 44.2 Å². The van der Waals surface area contributed by atoms with Gasteiger partial charge >= 0.3 is 0 Å². The lowest BCUT2D eigenvalue weighted by molar-refractivity contribution is 0.0971. The Kier molecular flexibility index (Phi) is 2.83. The Labute approximate surface area is 120 Å². The van der Waals surface area contributed by atoms with Gasteiger partial charge in [-0.15, -0.1) is 0 Å². The number of rotatable bonds is 3. The molecule has 0 amide bonds. The highest BCUT2D eigenvalue weighted by atomic mass is 16.5. The van der Waals surface area contributed by atoms with Gasteiger partial charge in [0.2, 0.25) is 0 Å². The van der Waals surface area contributed by atoms with Crippen LogP contribution in [-0.4, -0.2) is 23.9 Å². The predicted octanol–water partition coefficient (Wildman–Crippen LogP) is 2.81. The summed E-state index contributed by atoms with van der Waals surface area (Å²) in [4.78, 5) is 0. The average molecular weight is 273 g/mol. The maximum Gasteiger partial charge on any atom is 0.127 e. The molecule has 3 nitrogen and oxygen atoms in total. The molecule has 0 spiro atoms. The van der Waals surface area contributed by atoms with Crippen LogP contribution in [0.25, 0.3) is 0 Å². The molecule has 2 bridgehead atoms. The van der Waals surface area contributed by atoms with E-state index in [1.165, 1.54) is 30.4 Å². The molecule has 3 aliphatic rings. The van der Waals surface area contributed by atoms with Crippen LogP contribution in [0.2, 0.25) is 0 Å². The highest BCUT2D eigenvalue weighted by molar-refractivity contribution is 5.45. The number of fused-ring (bicyclic) bond motifs is 3. The SMILES string of the molecule is CC1(C)Cc2cccc(CNC3CC4CCC3O4)c2O1. The highest BCUT2D eigenvalue weighted by Crippen LogP contribution is 2.38. The number of para-hydroxylation sites is 1. The van der Waals surface area contributed by atoms with Gasteiger partial charge in [-0.2, -0.15) is 0 Å². The molecule has 20 heavy (non-hydrogen) atoms. The van der Waals surface area contributed by atoms with E-state index in [9.17, 15) is 0 Å². The first kappa shape index (κ1) is 12.7. The van der Waals surface area contributed by atoms with Crippen LogP contribution >= 0.6 is 0 Å². The molecule has 0 aromatic heterocycles. The zero-order valence-corrected chi connectivity index (χ0v) is 12.3. The van der Waals surface area contributed by atoms with Crippen molar-refractivity contribution in [2.45, 2.75) is 69.9 Å². The van der Waals surface area contributed by atoms with Crippen LogP contribution in [0.4, 0.5) is 0 Å². The Morgan fingerprint density at radius 1 is 1.30 bits per heavy atom. The smallest absolute Gasteiger partial charge is 0.127 e. The summed E-state index contributed by atoms with van der Waals surface area (Å²) in [5.41, 5.74) is 2.57. The summed E-state index contributed by atoms with van der Waals surface area (Å²) < 4.78 is 12.0. The lowest BCUT2D eigenvalue weighted by atomic mass is 9.95. The van der Waals surface area contributed by atoms with Gasteiger partial charge in [-0.05, 0) is 38.7 Å². The van der Waals surface area contributed by atoms with Gasteiger partial charge in [-0.3, -0.25) is 0 Å². The van der Waals surface area contributed by atoms with Crippen molar-refractivity contribution in [1.82, 2.24) is 5.32 Å². The van der Waals surface area contributed by atoms with E-state index in [-0.39, 0.29) is 5.60 Å². The minimum absolute atomic E-state index is 0.0615. The Morgan fingerprint density at radius 3 is 2.95 bits per heavy atom. The molecule has 2 fully saturated rings. The van der Waals surface area contributed by atoms with Gasteiger partial charge in [-0.1, -0.05) is 18.2 Å². The lowest BCUT2D eigenvalue weighted by Crippen LogP contribution is -2.37. The Morgan fingerprint density at radius 2 is 2.20 bits per heavy atom. The van der Waals surface area contributed by atoms with Crippen LogP contribution in [-0.2, 0) is 17.7 Å². The maximum atomic E-state index is 6.13. The van der Waals surface area contributed by atoms with E-state index in [4.69, 9.17) is 9.47 Å². The second-order valence-corrected chi connectivity index (χ2v) is 7.04. The van der Waals surface area contributed by atoms with E-state index in [0.717, 1.165) is 18.7 Å². The highest BCUT2D eigenvalue weighted by Gasteiger charge is 2.40. The van der Waals surface area contributed by atoms with Gasteiger partial charge in [0.25, 0.3) is 0 Å². The van der Waals surface area contributed by atoms with E-state index < -0.39 is 0 Å². The number of hydrogen-bond donors (Lipinski definition) is 1. The molecule has 1 aromatic carbocycles. The van der Waals surface area contributed by atoms with Crippen molar-refractivity contribution in [2.75, 3.05) is 0 Å². The molecule has 0 aliphatic carbocycles. The molecule has 3 heteroatoms. The van der Waals surface area contributed by atoms with Crippen molar-refractivity contribution < 1.29 is 9.47 Å². The fourth-order valence-electron chi connectivity index (χ4n) is 3.91. The minimum Gasteiger partial charge on any atom is -0.487 e. The predicted molar refractivity (Wildman–Crippen MR) is 78.0 cm³/mol. The molecule has 1 aromatic rings. The fourth-order valence-corrected chi connectivity index (χ4v) is 3.91. The standard InChI is InChI=1S/C17H23NO2/c1-17(2)9-11-4-3-5-12(16(11)20-17)10-18-14-8-13-6-7-15(14)19-13/h3-5,13-15,18H,6-10H2,1-2H3. The zero-order chi connectivity index (χ0) is 13.7. The summed E-state index contributed by atoms with van der Waals surface area (Å²) in [6.45, 7) is 5.21. The molecule has 1 N–H and O–H groups in total. The number of nitrogens with one attached hydrogen (secondary N) is 1. The lowest BCUT2D eigenvalue weighted by Gasteiger charge is -2.22. The molecule has 4 rings (SSSR count). The van der Waals surface area contributed by atoms with Gasteiger partial charge < -0.3 is 14.8 Å². The van der Waals surface area contributed by atoms with Crippen molar-refractivity contribution in [3.8, 4) is 5.75 Å². The van der Waals surface area contributed by atoms with Crippen LogP contribution in [0.5, 0.6) is 5.75 Å². The van der Waals surface area contributed by atoms with Crippen LogP contribution in [0, 0.1) is 0 Å². The third-order valence-electron chi connectivity index (χ3n) is 4.83. The summed E-state index contributed by atoms with van der Waals surface area (Å²) in [7, 11) is 0. The summed E-state index contributed by atoms with van der Waals surface area (Å²) in [5, 5.41) is 3.68. The first-order chi connectivity index (χ1) is 9.61. The van der Waals surface area contributed by atoms with Crippen molar-refractivity contribution >= 4 is 0 Å². The van der Waals surface area contributed by atoms with Crippen molar-refractivity contribution in [3.63, 3.8) is 0 Å². The van der Waals surface area contributed by atoms with Crippen LogP contribution in [0.15, 0.2) is 18.2 Å². The van der Waals surface area contributed by atoms with Gasteiger partial charge in [0.15, 0.2) is 0 Å². The van der Waals surface area contributed by atoms with Gasteiger partial charge in [0.05, 0.1) is 12.2 Å². The van der Waals surface area contributed by atoms with Gasteiger partial charge in [0.1, 0.15) is 11.4 Å². The monoisotopic (exact) mass is 273 g/mol. The van der Waals surface area contributed by atoms with Crippen LogP contribution < -0.4 is 10.1 Å². The van der Waals surface area contributed by atoms with Crippen LogP contribution in [0.3, 0.4) is 0 Å². The molecule has 3 heterocycles. The molecule has 3 aliphatic heterocycles. The summed E-state index contributed by atoms with van der Waals surface area (Å²) >= 11 is 0. The van der Waals surface area contributed by atoms with Crippen molar-refractivity contribution in [2.24, 2.45) is 0 Å². The molecule has 2 saturated heterocycles. The second-order valence-electron chi connectivity index (χ2n) is 7.04. The zero-order valence-electron chi connectivity index (χ0n) is 12.3. The molecule has 3 atom stereocenters. The Hall–Kier alpha value is -1.06. The quantitative estimate of drug-likeness (QED) is 0.918. The largest absolute Gasteiger partial charge is 0.487 e. The fraction of sp³-hybridized carbons (Fsp3) is 0.647. The molecule has 3 unspecified atom stereocenters. The first-order valence-corrected chi connectivity index (χ1v) is 7.79. The minimum atomic E-state index is -0.0615. The molecular formula is C17H23NO2. The van der Waals surface area contributed by atoms with E-state index in [1.54, 1.807) is 0 Å². The van der Waals surface area contributed by atoms with E-state index in [1.807, 2.05) is 0 Å². The maximum absolute atomic E-state index is 6.13. The third kappa shape index (κ3) is 2.13. The first-order valence-electron chi connectivity index (χ1n) is 7.79. The topological polar surface area (TPSA) is 30.5 Å². The average Bonchev–Trinajstić information content (AvgIpc) is 3.07. The molecule has 0 saturated carbocycles. The van der Waals surface area contributed by atoms with Gasteiger partial charge in [-0.25, -0.2) is 0 Å². The number of hydrogen-bond acceptors (Lipinski definition) is 3. The molecule has 0 radical (unpaired) electrons. The number of benzene rings is 1. The summed E-state index contributed by atoms with van der Waals surface area (Å²) in [6, 6.07) is 7.05. The second kappa shape index (κ2) is 4.47. The van der Waals surface area contributed by atoms with E-state index in [2.05, 4.69) is 37.4 Å². The third-order valence-corrected chi connectivity index (χ3v) is 4.83. The van der Waals surface area contributed by atoms with E-state index >= 15 is 0 Å². The Bertz CT molecular complexity index is 526. The summed E-state index contributed by atoms with van der Waals surface area (Å²) in [6.07, 6.45) is 5.60. The van der Waals surface area contributed by atoms with Crippen molar-refractivity contribution in [3.05, 3.63) is 29.3 Å². The molecule has 108 valence electrons. The Balaban J connectivity index is 1.47. The van der Waals surface area contributed by atoms with E-state index in [0.29, 0.717) is 18.2 Å².